The summed E-state index contributed by atoms with van der Waals surface area (Å²) in [7, 11) is -0.766. The van der Waals surface area contributed by atoms with Gasteiger partial charge < -0.3 is 4.43 Å². The van der Waals surface area contributed by atoms with Crippen LogP contribution in [0.15, 0.2) is 12.2 Å². The van der Waals surface area contributed by atoms with Crippen molar-refractivity contribution in [2.75, 3.05) is 6.61 Å². The van der Waals surface area contributed by atoms with E-state index in [0.29, 0.717) is 0 Å². The van der Waals surface area contributed by atoms with Crippen molar-refractivity contribution < 1.29 is 4.43 Å². The van der Waals surface area contributed by atoms with Gasteiger partial charge in [-0.15, -0.1) is 0 Å². The first-order valence-electron chi connectivity index (χ1n) is 4.55. The van der Waals surface area contributed by atoms with Crippen LogP contribution in [0.3, 0.4) is 0 Å². The first-order chi connectivity index (χ1) is 5.29. The lowest BCUT2D eigenvalue weighted by Gasteiger charge is -2.18. The number of hydrogen-bond acceptors (Lipinski definition) is 1. The van der Waals surface area contributed by atoms with Crippen LogP contribution in [0, 0.1) is 5.92 Å². The van der Waals surface area contributed by atoms with Gasteiger partial charge in [-0.25, -0.2) is 0 Å². The molecule has 0 N–H and O–H groups in total. The lowest BCUT2D eigenvalue weighted by atomic mass is 9.96. The van der Waals surface area contributed by atoms with E-state index in [1.165, 1.54) is 19.3 Å². The Labute approximate surface area is 71.2 Å². The summed E-state index contributed by atoms with van der Waals surface area (Å²) < 4.78 is 5.69. The van der Waals surface area contributed by atoms with Crippen molar-refractivity contribution in [1.29, 1.82) is 0 Å². The van der Waals surface area contributed by atoms with E-state index in [1.54, 1.807) is 0 Å². The van der Waals surface area contributed by atoms with Crippen molar-refractivity contribution in [1.82, 2.24) is 0 Å². The normalized spacial score (nSPS) is 24.5. The quantitative estimate of drug-likeness (QED) is 0.466. The summed E-state index contributed by atoms with van der Waals surface area (Å²) in [6.45, 7) is 5.48. The van der Waals surface area contributed by atoms with Gasteiger partial charge in [0.25, 0.3) is 0 Å². The van der Waals surface area contributed by atoms with Gasteiger partial charge in [0.05, 0.1) is 0 Å². The smallest absolute Gasteiger partial charge is 0.170 e. The molecule has 0 aromatic rings. The molecule has 0 saturated heterocycles. The van der Waals surface area contributed by atoms with Crippen LogP contribution in [-0.4, -0.2) is 15.6 Å². The molecule has 0 radical (unpaired) electrons. The molecule has 0 amide bonds. The highest BCUT2D eigenvalue weighted by Gasteiger charge is 2.10. The predicted octanol–water partition coefficient (Wildman–Crippen LogP) is 2.34. The Morgan fingerprint density at radius 3 is 2.82 bits per heavy atom. The van der Waals surface area contributed by atoms with E-state index in [9.17, 15) is 0 Å². The summed E-state index contributed by atoms with van der Waals surface area (Å²) in [4.78, 5) is 0. The molecule has 1 aliphatic carbocycles. The van der Waals surface area contributed by atoms with Crippen molar-refractivity contribution in [3.05, 3.63) is 12.2 Å². The van der Waals surface area contributed by atoms with Crippen LogP contribution in [-0.2, 0) is 4.43 Å². The van der Waals surface area contributed by atoms with Crippen LogP contribution < -0.4 is 0 Å². The molecule has 0 heterocycles. The van der Waals surface area contributed by atoms with E-state index in [0.717, 1.165) is 12.5 Å². The van der Waals surface area contributed by atoms with Crippen LogP contribution in [0.4, 0.5) is 0 Å². The maximum Gasteiger partial charge on any atom is 0.170 e. The molecule has 0 fully saturated rings. The maximum atomic E-state index is 5.69. The Morgan fingerprint density at radius 2 is 2.27 bits per heavy atom. The minimum Gasteiger partial charge on any atom is -0.420 e. The van der Waals surface area contributed by atoms with Gasteiger partial charge in [0.1, 0.15) is 0 Å². The number of allylic oxidation sites excluding steroid dienone is 2. The van der Waals surface area contributed by atoms with E-state index >= 15 is 0 Å². The number of rotatable bonds is 3. The third-order valence-electron chi connectivity index (χ3n) is 2.04. The van der Waals surface area contributed by atoms with Crippen molar-refractivity contribution in [3.63, 3.8) is 0 Å². The molecular weight excluding hydrogens is 152 g/mol. The highest BCUT2D eigenvalue weighted by molar-refractivity contribution is 6.48. The van der Waals surface area contributed by atoms with Gasteiger partial charge in [-0.3, -0.25) is 0 Å². The molecule has 1 nitrogen and oxygen atoms in total. The minimum absolute atomic E-state index is 0.766. The lowest BCUT2D eigenvalue weighted by molar-refractivity contribution is 0.242. The molecule has 0 aromatic carbocycles. The standard InChI is InChI=1S/C9H18OSi/c1-11(2)10-8-9-6-4-3-5-7-9/h3-4,9,11H,5-8H2,1-2H3. The average Bonchev–Trinajstić information content (AvgIpc) is 2.03. The highest BCUT2D eigenvalue weighted by atomic mass is 28.3. The zero-order chi connectivity index (χ0) is 8.10. The van der Waals surface area contributed by atoms with Crippen LogP contribution in [0.1, 0.15) is 19.3 Å². The second-order valence-electron chi connectivity index (χ2n) is 3.53. The second kappa shape index (κ2) is 4.73. The van der Waals surface area contributed by atoms with Gasteiger partial charge in [0.15, 0.2) is 9.04 Å². The van der Waals surface area contributed by atoms with Gasteiger partial charge in [-0.2, -0.15) is 0 Å². The van der Waals surface area contributed by atoms with Gasteiger partial charge in [-0.05, 0) is 38.3 Å². The Kier molecular flexibility index (Phi) is 3.87. The minimum atomic E-state index is -0.766. The molecule has 0 aromatic heterocycles. The molecule has 11 heavy (non-hydrogen) atoms. The average molecular weight is 170 g/mol. The Hall–Kier alpha value is -0.0831. The Bertz CT molecular complexity index is 132. The summed E-state index contributed by atoms with van der Waals surface area (Å²) in [6, 6.07) is 0. The van der Waals surface area contributed by atoms with E-state index in [4.69, 9.17) is 4.43 Å². The van der Waals surface area contributed by atoms with Crippen molar-refractivity contribution in [2.45, 2.75) is 32.4 Å². The molecule has 0 bridgehead atoms. The molecule has 0 saturated carbocycles. The van der Waals surface area contributed by atoms with Crippen LogP contribution in [0.2, 0.25) is 13.1 Å². The summed E-state index contributed by atoms with van der Waals surface area (Å²) in [5.74, 6) is 0.815. The van der Waals surface area contributed by atoms with Crippen molar-refractivity contribution >= 4 is 9.04 Å². The maximum absolute atomic E-state index is 5.69. The Balaban J connectivity index is 2.11. The topological polar surface area (TPSA) is 9.23 Å². The SMILES string of the molecule is C[SiH](C)OCC1CC=CCC1. The van der Waals surface area contributed by atoms with Gasteiger partial charge in [0.2, 0.25) is 0 Å². The fraction of sp³-hybridized carbons (Fsp3) is 0.778. The summed E-state index contributed by atoms with van der Waals surface area (Å²) in [5, 5.41) is 0. The lowest BCUT2D eigenvalue weighted by Crippen LogP contribution is -2.16. The molecule has 2 heteroatoms. The van der Waals surface area contributed by atoms with Gasteiger partial charge in [-0.1, -0.05) is 12.2 Å². The summed E-state index contributed by atoms with van der Waals surface area (Å²) in [6.07, 6.45) is 8.40. The molecule has 1 rings (SSSR count). The third kappa shape index (κ3) is 3.73. The van der Waals surface area contributed by atoms with E-state index in [-0.39, 0.29) is 0 Å². The first kappa shape index (κ1) is 9.01. The van der Waals surface area contributed by atoms with Crippen LogP contribution >= 0.6 is 0 Å². The molecule has 0 spiro atoms. The molecular formula is C9H18OSi. The van der Waals surface area contributed by atoms with Crippen molar-refractivity contribution in [3.8, 4) is 0 Å². The van der Waals surface area contributed by atoms with E-state index in [1.807, 2.05) is 0 Å². The first-order valence-corrected chi connectivity index (χ1v) is 7.33. The molecule has 1 atom stereocenters. The molecule has 1 unspecified atom stereocenters. The summed E-state index contributed by atoms with van der Waals surface area (Å²) in [5.41, 5.74) is 0. The zero-order valence-electron chi connectivity index (χ0n) is 7.55. The fourth-order valence-electron chi connectivity index (χ4n) is 1.34. The predicted molar refractivity (Wildman–Crippen MR) is 51.3 cm³/mol. The fourth-order valence-corrected chi connectivity index (χ4v) is 1.99. The second-order valence-corrected chi connectivity index (χ2v) is 5.96. The van der Waals surface area contributed by atoms with Crippen LogP contribution in [0.25, 0.3) is 0 Å². The largest absolute Gasteiger partial charge is 0.420 e. The summed E-state index contributed by atoms with van der Waals surface area (Å²) >= 11 is 0. The number of hydrogen-bond donors (Lipinski definition) is 0. The molecule has 0 aliphatic heterocycles. The third-order valence-corrected chi connectivity index (χ3v) is 2.90. The highest BCUT2D eigenvalue weighted by Crippen LogP contribution is 2.18. The monoisotopic (exact) mass is 170 g/mol. The molecule has 64 valence electrons. The van der Waals surface area contributed by atoms with E-state index in [2.05, 4.69) is 25.2 Å². The Morgan fingerprint density at radius 1 is 1.45 bits per heavy atom. The van der Waals surface area contributed by atoms with Crippen LogP contribution in [0.5, 0.6) is 0 Å². The van der Waals surface area contributed by atoms with Gasteiger partial charge in [0, 0.05) is 6.61 Å². The van der Waals surface area contributed by atoms with Crippen molar-refractivity contribution in [2.24, 2.45) is 5.92 Å². The molecule has 1 aliphatic rings. The zero-order valence-corrected chi connectivity index (χ0v) is 8.70. The van der Waals surface area contributed by atoms with Gasteiger partial charge >= 0.3 is 0 Å². The van der Waals surface area contributed by atoms with E-state index < -0.39 is 9.04 Å².